The van der Waals surface area contributed by atoms with Crippen LogP contribution >= 0.6 is 0 Å². The molecule has 6 heteroatoms. The van der Waals surface area contributed by atoms with Crippen molar-refractivity contribution in [2.75, 3.05) is 0 Å². The van der Waals surface area contributed by atoms with Crippen LogP contribution in [0.2, 0.25) is 0 Å². The lowest BCUT2D eigenvalue weighted by Crippen LogP contribution is -2.39. The molecule has 1 aromatic carbocycles. The van der Waals surface area contributed by atoms with E-state index in [1.165, 1.54) is 0 Å². The fourth-order valence-corrected chi connectivity index (χ4v) is 4.88. The number of benzene rings is 1. The van der Waals surface area contributed by atoms with E-state index in [1.807, 2.05) is 57.5 Å². The van der Waals surface area contributed by atoms with Crippen LogP contribution in [0, 0.1) is 24.2 Å². The summed E-state index contributed by atoms with van der Waals surface area (Å²) < 4.78 is 7.98. The number of cyclic esters (lactones) is 1. The average Bonchev–Trinajstić information content (AvgIpc) is 3.09. The van der Waals surface area contributed by atoms with E-state index in [-0.39, 0.29) is 24.1 Å². The molecule has 0 fully saturated rings. The van der Waals surface area contributed by atoms with Crippen molar-refractivity contribution in [1.82, 2.24) is 9.55 Å². The number of allylic oxidation sites excluding steroid dienone is 1. The molecule has 6 nitrogen and oxygen atoms in total. The monoisotopic (exact) mass is 468 g/mol. The summed E-state index contributed by atoms with van der Waals surface area (Å²) >= 11 is 0. The van der Waals surface area contributed by atoms with Crippen LogP contribution in [0.15, 0.2) is 30.4 Å². The molecule has 3 rings (SSSR count). The highest BCUT2D eigenvalue weighted by molar-refractivity contribution is 5.87. The van der Waals surface area contributed by atoms with Gasteiger partial charge in [-0.25, -0.2) is 4.98 Å². The largest absolute Gasteiger partial charge is 0.457 e. The molecule has 0 saturated heterocycles. The topological polar surface area (TPSA) is 81.4 Å². The molecule has 1 aliphatic rings. The van der Waals surface area contributed by atoms with E-state index < -0.39 is 23.5 Å². The maximum Gasteiger partial charge on any atom is 0.306 e. The van der Waals surface area contributed by atoms with Gasteiger partial charge in [0.25, 0.3) is 0 Å². The highest BCUT2D eigenvalue weighted by Crippen LogP contribution is 2.33. The van der Waals surface area contributed by atoms with Crippen molar-refractivity contribution in [3.63, 3.8) is 0 Å². The lowest BCUT2D eigenvalue weighted by atomic mass is 9.74. The summed E-state index contributed by atoms with van der Waals surface area (Å²) in [6.07, 6.45) is 6.92. The maximum absolute atomic E-state index is 13.1. The molecule has 186 valence electrons. The number of hydrogen-bond donors (Lipinski definition) is 1. The molecule has 2 heterocycles. The summed E-state index contributed by atoms with van der Waals surface area (Å²) in [6, 6.07) is 6.04. The first kappa shape index (κ1) is 26.1. The fraction of sp³-hybridized carbons (Fsp3) is 0.607. The second-order valence-corrected chi connectivity index (χ2v) is 10.6. The Morgan fingerprint density at radius 1 is 1.18 bits per heavy atom. The predicted octanol–water partition coefficient (Wildman–Crippen LogP) is 5.60. The van der Waals surface area contributed by atoms with Gasteiger partial charge < -0.3 is 14.4 Å². The number of aryl methyl sites for hydroxylation is 2. The van der Waals surface area contributed by atoms with Crippen molar-refractivity contribution in [2.45, 2.75) is 85.4 Å². The van der Waals surface area contributed by atoms with E-state index in [0.29, 0.717) is 12.8 Å². The van der Waals surface area contributed by atoms with Gasteiger partial charge in [0.1, 0.15) is 17.7 Å². The van der Waals surface area contributed by atoms with E-state index in [4.69, 9.17) is 4.74 Å². The first-order valence-corrected chi connectivity index (χ1v) is 12.5. The summed E-state index contributed by atoms with van der Waals surface area (Å²) in [4.78, 5) is 30.6. The van der Waals surface area contributed by atoms with Gasteiger partial charge >= 0.3 is 5.97 Å². The zero-order valence-corrected chi connectivity index (χ0v) is 21.5. The number of aliphatic hydroxyl groups is 1. The Kier molecular flexibility index (Phi) is 8.34. The molecule has 1 aliphatic heterocycles. The van der Waals surface area contributed by atoms with E-state index >= 15 is 0 Å². The Bertz CT molecular complexity index is 1050. The van der Waals surface area contributed by atoms with Gasteiger partial charge in [0.15, 0.2) is 0 Å². The van der Waals surface area contributed by atoms with Crippen molar-refractivity contribution >= 4 is 22.8 Å². The summed E-state index contributed by atoms with van der Waals surface area (Å²) in [5.74, 6) is 0.194. The molecule has 1 aromatic heterocycles. The number of nitrogens with zero attached hydrogens (tertiary/aromatic N) is 2. The number of aliphatic hydroxyl groups excluding tert-OH is 1. The van der Waals surface area contributed by atoms with Crippen LogP contribution in [0.5, 0.6) is 0 Å². The molecule has 0 spiro atoms. The number of carbonyl (C=O) groups excluding carboxylic acids is 2. The normalized spacial score (nSPS) is 28.6. The van der Waals surface area contributed by atoms with E-state index in [0.717, 1.165) is 41.7 Å². The molecule has 0 saturated carbocycles. The number of imidazole rings is 1. The number of Topliss-reactive ketones (excluding diaryl/α,β-unsaturated/α-hetero) is 1. The minimum Gasteiger partial charge on any atom is -0.457 e. The fourth-order valence-electron chi connectivity index (χ4n) is 4.88. The second kappa shape index (κ2) is 10.9. The number of hydrogen-bond acceptors (Lipinski definition) is 5. The molecule has 4 atom stereocenters. The third-order valence-corrected chi connectivity index (χ3v) is 7.45. The Balaban J connectivity index is 1.84. The second-order valence-electron chi connectivity index (χ2n) is 10.6. The minimum atomic E-state index is -0.712. The highest BCUT2D eigenvalue weighted by Gasteiger charge is 2.36. The molecule has 0 bridgehead atoms. The number of ether oxygens (including phenoxy) is 1. The van der Waals surface area contributed by atoms with Crippen LogP contribution in [0.4, 0.5) is 0 Å². The molecular formula is C28H40N2O4. The van der Waals surface area contributed by atoms with Crippen molar-refractivity contribution in [1.29, 1.82) is 0 Å². The van der Waals surface area contributed by atoms with Crippen molar-refractivity contribution in [3.8, 4) is 0 Å². The van der Waals surface area contributed by atoms with Crippen molar-refractivity contribution in [3.05, 3.63) is 41.7 Å². The summed E-state index contributed by atoms with van der Waals surface area (Å²) in [7, 11) is 1.99. The number of carbonyl (C=O) groups is 2. The van der Waals surface area contributed by atoms with Gasteiger partial charge in [0.05, 0.1) is 17.1 Å². The van der Waals surface area contributed by atoms with E-state index in [2.05, 4.69) is 17.1 Å². The van der Waals surface area contributed by atoms with Gasteiger partial charge in [-0.05, 0) is 56.2 Å². The molecule has 0 aliphatic carbocycles. The van der Waals surface area contributed by atoms with E-state index in [1.54, 1.807) is 6.92 Å². The highest BCUT2D eigenvalue weighted by atomic mass is 16.5. The van der Waals surface area contributed by atoms with Gasteiger partial charge in [0.2, 0.25) is 0 Å². The third-order valence-electron chi connectivity index (χ3n) is 7.45. The quantitative estimate of drug-likeness (QED) is 0.435. The Hall–Kier alpha value is -2.47. The zero-order valence-electron chi connectivity index (χ0n) is 21.5. The standard InChI is InChI=1S/C28H40N2O4/c1-18-11-9-7-8-10-12-24(21-13-14-23-22(17-21)29-20(3)30(23)6)34-25(31)15-16-28(4,5)27(33)19(2)26(18)32/h8,10,13-14,17-19,24,26,32H,7,9,11-12,15-16H2,1-6H3/b10-8+/t18?,19-,24+,26+/m1/s1. The molecule has 0 radical (unpaired) electrons. The van der Waals surface area contributed by atoms with Crippen LogP contribution < -0.4 is 0 Å². The first-order chi connectivity index (χ1) is 16.0. The average molecular weight is 469 g/mol. The first-order valence-electron chi connectivity index (χ1n) is 12.5. The molecule has 2 aromatic rings. The Morgan fingerprint density at radius 3 is 2.65 bits per heavy atom. The third kappa shape index (κ3) is 5.96. The number of esters is 1. The van der Waals surface area contributed by atoms with Crippen molar-refractivity contribution in [2.24, 2.45) is 24.3 Å². The number of fused-ring (bicyclic) bond motifs is 1. The molecular weight excluding hydrogens is 428 g/mol. The lowest BCUT2D eigenvalue weighted by molar-refractivity contribution is -0.150. The van der Waals surface area contributed by atoms with Crippen LogP contribution in [-0.2, 0) is 21.4 Å². The summed E-state index contributed by atoms with van der Waals surface area (Å²) in [5.41, 5.74) is 2.14. The van der Waals surface area contributed by atoms with Gasteiger partial charge in [-0.15, -0.1) is 0 Å². The maximum atomic E-state index is 13.1. The Morgan fingerprint density at radius 2 is 1.91 bits per heavy atom. The number of aromatic nitrogens is 2. The predicted molar refractivity (Wildman–Crippen MR) is 134 cm³/mol. The summed E-state index contributed by atoms with van der Waals surface area (Å²) in [5, 5.41) is 10.7. The molecule has 34 heavy (non-hydrogen) atoms. The van der Waals surface area contributed by atoms with E-state index in [9.17, 15) is 14.7 Å². The smallest absolute Gasteiger partial charge is 0.306 e. The summed E-state index contributed by atoms with van der Waals surface area (Å²) in [6.45, 7) is 9.50. The number of rotatable bonds is 1. The van der Waals surface area contributed by atoms with Crippen LogP contribution in [0.3, 0.4) is 0 Å². The van der Waals surface area contributed by atoms with Crippen LogP contribution in [-0.4, -0.2) is 32.5 Å². The van der Waals surface area contributed by atoms with Gasteiger partial charge in [-0.2, -0.15) is 0 Å². The molecule has 0 amide bonds. The zero-order chi connectivity index (χ0) is 25.0. The van der Waals surface area contributed by atoms with Crippen molar-refractivity contribution < 1.29 is 19.4 Å². The van der Waals surface area contributed by atoms with Crippen LogP contribution in [0.1, 0.15) is 83.7 Å². The van der Waals surface area contributed by atoms with Crippen LogP contribution in [0.25, 0.3) is 11.0 Å². The Labute approximate surface area is 203 Å². The van der Waals surface area contributed by atoms with Gasteiger partial charge in [-0.1, -0.05) is 45.9 Å². The molecule has 1 N–H and O–H groups in total. The SMILES string of the molecule is Cc1nc2cc([C@@H]3C/C=C/CCCC(C)[C@H](O)[C@@H](C)C(=O)C(C)(C)CCC(=O)O3)ccc2n1C. The van der Waals surface area contributed by atoms with Gasteiger partial charge in [-0.3, -0.25) is 9.59 Å². The molecule has 1 unspecified atom stereocenters. The minimum absolute atomic E-state index is 0.000775. The van der Waals surface area contributed by atoms with Gasteiger partial charge in [0, 0.05) is 31.2 Å². The lowest BCUT2D eigenvalue weighted by Gasteiger charge is -2.31. The number of ketones is 1.